The van der Waals surface area contributed by atoms with Crippen LogP contribution in [-0.4, -0.2) is 12.9 Å². The van der Waals surface area contributed by atoms with Crippen molar-refractivity contribution in [1.82, 2.24) is 0 Å². The van der Waals surface area contributed by atoms with Crippen LogP contribution in [0.1, 0.15) is 37.8 Å². The van der Waals surface area contributed by atoms with Gasteiger partial charge in [0.25, 0.3) is 0 Å². The van der Waals surface area contributed by atoms with E-state index in [4.69, 9.17) is 9.47 Å². The van der Waals surface area contributed by atoms with Gasteiger partial charge >= 0.3 is 0 Å². The molecule has 0 amide bonds. The number of ether oxygens (including phenoxy) is 2. The number of benzene rings is 1. The van der Waals surface area contributed by atoms with E-state index in [9.17, 15) is 0 Å². The van der Waals surface area contributed by atoms with Crippen LogP contribution in [0.2, 0.25) is 0 Å². The molecule has 1 aromatic carbocycles. The Morgan fingerprint density at radius 1 is 1.38 bits per heavy atom. The van der Waals surface area contributed by atoms with Gasteiger partial charge in [0.2, 0.25) is 0 Å². The molecule has 0 radical (unpaired) electrons. The molecule has 0 bridgehead atoms. The lowest BCUT2D eigenvalue weighted by Gasteiger charge is -2.25. The SMILES string of the molecule is CCO[C@@H]1CC[C@](C)(c2ccc(C)cc2)O1. The Morgan fingerprint density at radius 3 is 2.69 bits per heavy atom. The van der Waals surface area contributed by atoms with Crippen LogP contribution in [0.5, 0.6) is 0 Å². The summed E-state index contributed by atoms with van der Waals surface area (Å²) in [6.45, 7) is 6.97. The van der Waals surface area contributed by atoms with Gasteiger partial charge in [-0.25, -0.2) is 0 Å². The molecule has 1 fully saturated rings. The summed E-state index contributed by atoms with van der Waals surface area (Å²) in [6, 6.07) is 8.59. The van der Waals surface area contributed by atoms with Crippen LogP contribution in [0.25, 0.3) is 0 Å². The number of aryl methyl sites for hydroxylation is 1. The Kier molecular flexibility index (Phi) is 3.31. The summed E-state index contributed by atoms with van der Waals surface area (Å²) in [4.78, 5) is 0. The van der Waals surface area contributed by atoms with Gasteiger partial charge in [0.15, 0.2) is 6.29 Å². The lowest BCUT2D eigenvalue weighted by atomic mass is 9.92. The third-order valence-electron chi connectivity index (χ3n) is 3.26. The summed E-state index contributed by atoms with van der Waals surface area (Å²) in [6.07, 6.45) is 1.98. The fourth-order valence-corrected chi connectivity index (χ4v) is 2.22. The highest BCUT2D eigenvalue weighted by Gasteiger charge is 2.37. The highest BCUT2D eigenvalue weighted by atomic mass is 16.7. The molecule has 2 atom stereocenters. The maximum Gasteiger partial charge on any atom is 0.158 e. The van der Waals surface area contributed by atoms with Gasteiger partial charge < -0.3 is 9.47 Å². The van der Waals surface area contributed by atoms with Crippen molar-refractivity contribution in [2.24, 2.45) is 0 Å². The Balaban J connectivity index is 2.12. The first kappa shape index (κ1) is 11.6. The van der Waals surface area contributed by atoms with E-state index in [1.54, 1.807) is 0 Å². The smallest absolute Gasteiger partial charge is 0.158 e. The molecule has 16 heavy (non-hydrogen) atoms. The van der Waals surface area contributed by atoms with Crippen LogP contribution in [-0.2, 0) is 15.1 Å². The highest BCUT2D eigenvalue weighted by Crippen LogP contribution is 2.39. The summed E-state index contributed by atoms with van der Waals surface area (Å²) in [5.41, 5.74) is 2.36. The van der Waals surface area contributed by atoms with Gasteiger partial charge in [-0.05, 0) is 32.8 Å². The van der Waals surface area contributed by atoms with Crippen LogP contribution >= 0.6 is 0 Å². The zero-order valence-electron chi connectivity index (χ0n) is 10.3. The van der Waals surface area contributed by atoms with E-state index < -0.39 is 0 Å². The van der Waals surface area contributed by atoms with E-state index in [-0.39, 0.29) is 11.9 Å². The Morgan fingerprint density at radius 2 is 2.06 bits per heavy atom. The highest BCUT2D eigenvalue weighted by molar-refractivity contribution is 5.26. The van der Waals surface area contributed by atoms with Crippen molar-refractivity contribution in [3.8, 4) is 0 Å². The van der Waals surface area contributed by atoms with Gasteiger partial charge in [-0.15, -0.1) is 0 Å². The predicted molar refractivity (Wildman–Crippen MR) is 64.3 cm³/mol. The number of rotatable bonds is 3. The van der Waals surface area contributed by atoms with Crippen LogP contribution in [0, 0.1) is 6.92 Å². The molecule has 1 aliphatic heterocycles. The minimum atomic E-state index is -0.173. The maximum absolute atomic E-state index is 5.99. The van der Waals surface area contributed by atoms with Crippen molar-refractivity contribution in [3.63, 3.8) is 0 Å². The van der Waals surface area contributed by atoms with Gasteiger partial charge in [0.05, 0.1) is 5.60 Å². The van der Waals surface area contributed by atoms with E-state index in [1.807, 2.05) is 6.92 Å². The van der Waals surface area contributed by atoms with E-state index in [1.165, 1.54) is 11.1 Å². The zero-order chi connectivity index (χ0) is 11.6. The summed E-state index contributed by atoms with van der Waals surface area (Å²) >= 11 is 0. The quantitative estimate of drug-likeness (QED) is 0.777. The molecule has 0 N–H and O–H groups in total. The molecule has 0 saturated carbocycles. The molecule has 2 rings (SSSR count). The first-order chi connectivity index (χ1) is 7.64. The molecule has 0 aromatic heterocycles. The molecule has 0 spiro atoms. The third-order valence-corrected chi connectivity index (χ3v) is 3.26. The molecule has 0 unspecified atom stereocenters. The van der Waals surface area contributed by atoms with Crippen molar-refractivity contribution < 1.29 is 9.47 Å². The molecule has 1 aliphatic rings. The molecule has 2 heteroatoms. The van der Waals surface area contributed by atoms with Crippen molar-refractivity contribution in [2.45, 2.75) is 45.5 Å². The fraction of sp³-hybridized carbons (Fsp3) is 0.571. The lowest BCUT2D eigenvalue weighted by molar-refractivity contribution is -0.164. The summed E-state index contributed by atoms with van der Waals surface area (Å²) in [5.74, 6) is 0. The number of hydrogen-bond donors (Lipinski definition) is 0. The second-order valence-corrected chi connectivity index (χ2v) is 4.64. The Hall–Kier alpha value is -0.860. The van der Waals surface area contributed by atoms with Crippen molar-refractivity contribution >= 4 is 0 Å². The monoisotopic (exact) mass is 220 g/mol. The molecule has 88 valence electrons. The molecule has 1 aromatic rings. The van der Waals surface area contributed by atoms with Gasteiger partial charge in [-0.3, -0.25) is 0 Å². The zero-order valence-corrected chi connectivity index (χ0v) is 10.3. The molecule has 1 saturated heterocycles. The molecular formula is C14H20O2. The second kappa shape index (κ2) is 4.56. The Bertz CT molecular complexity index is 344. The van der Waals surface area contributed by atoms with Crippen LogP contribution < -0.4 is 0 Å². The topological polar surface area (TPSA) is 18.5 Å². The normalized spacial score (nSPS) is 29.6. The average Bonchev–Trinajstić information content (AvgIpc) is 2.63. The van der Waals surface area contributed by atoms with E-state index >= 15 is 0 Å². The van der Waals surface area contributed by atoms with Crippen LogP contribution in [0.3, 0.4) is 0 Å². The summed E-state index contributed by atoms with van der Waals surface area (Å²) in [7, 11) is 0. The average molecular weight is 220 g/mol. The fourth-order valence-electron chi connectivity index (χ4n) is 2.22. The predicted octanol–water partition coefficient (Wildman–Crippen LogP) is 3.38. The van der Waals surface area contributed by atoms with Gasteiger partial charge in [-0.1, -0.05) is 29.8 Å². The van der Waals surface area contributed by atoms with Crippen LogP contribution in [0.15, 0.2) is 24.3 Å². The lowest BCUT2D eigenvalue weighted by Crippen LogP contribution is -2.23. The molecule has 0 aliphatic carbocycles. The van der Waals surface area contributed by atoms with Gasteiger partial charge in [0.1, 0.15) is 0 Å². The van der Waals surface area contributed by atoms with Crippen LogP contribution in [0.4, 0.5) is 0 Å². The Labute approximate surface area is 97.6 Å². The first-order valence-electron chi connectivity index (χ1n) is 6.00. The maximum atomic E-state index is 5.99. The van der Waals surface area contributed by atoms with Gasteiger partial charge in [0, 0.05) is 13.0 Å². The van der Waals surface area contributed by atoms with Gasteiger partial charge in [-0.2, -0.15) is 0 Å². The third kappa shape index (κ3) is 2.28. The minimum Gasteiger partial charge on any atom is -0.353 e. The largest absolute Gasteiger partial charge is 0.353 e. The van der Waals surface area contributed by atoms with E-state index in [2.05, 4.69) is 38.1 Å². The molecule has 1 heterocycles. The molecule has 2 nitrogen and oxygen atoms in total. The number of hydrogen-bond acceptors (Lipinski definition) is 2. The van der Waals surface area contributed by atoms with E-state index in [0.717, 1.165) is 12.8 Å². The standard InChI is InChI=1S/C14H20O2/c1-4-15-13-9-10-14(3,16-13)12-7-5-11(2)6-8-12/h5-8,13H,4,9-10H2,1-3H3/t13-,14+/m0/s1. The van der Waals surface area contributed by atoms with Crippen molar-refractivity contribution in [3.05, 3.63) is 35.4 Å². The first-order valence-corrected chi connectivity index (χ1v) is 6.00. The van der Waals surface area contributed by atoms with Crippen molar-refractivity contribution in [1.29, 1.82) is 0 Å². The van der Waals surface area contributed by atoms with E-state index in [0.29, 0.717) is 6.61 Å². The summed E-state index contributed by atoms with van der Waals surface area (Å²) in [5, 5.41) is 0. The second-order valence-electron chi connectivity index (χ2n) is 4.64. The van der Waals surface area contributed by atoms with Crippen molar-refractivity contribution in [2.75, 3.05) is 6.61 Å². The molecular weight excluding hydrogens is 200 g/mol. The summed E-state index contributed by atoms with van der Waals surface area (Å²) < 4.78 is 11.5. The minimum absolute atomic E-state index is 0.0312.